The Morgan fingerprint density at radius 3 is 2.52 bits per heavy atom. The zero-order valence-corrected chi connectivity index (χ0v) is 15.7. The van der Waals surface area contributed by atoms with Gasteiger partial charge in [0.05, 0.1) is 5.92 Å². The maximum atomic E-state index is 12.6. The molecule has 0 unspecified atom stereocenters. The van der Waals surface area contributed by atoms with Crippen molar-refractivity contribution in [3.8, 4) is 0 Å². The molecule has 27 heavy (non-hydrogen) atoms. The van der Waals surface area contributed by atoms with E-state index in [1.54, 1.807) is 23.4 Å². The van der Waals surface area contributed by atoms with E-state index in [-0.39, 0.29) is 18.4 Å². The predicted octanol–water partition coefficient (Wildman–Crippen LogP) is 2.41. The van der Waals surface area contributed by atoms with Crippen molar-refractivity contribution in [2.75, 3.05) is 32.1 Å². The summed E-state index contributed by atoms with van der Waals surface area (Å²) in [5.41, 5.74) is 3.10. The fraction of sp³-hybridized carbons (Fsp3) is 0.381. The topological polar surface area (TPSA) is 73.7 Å². The van der Waals surface area contributed by atoms with Gasteiger partial charge in [-0.15, -0.1) is 0 Å². The van der Waals surface area contributed by atoms with Crippen LogP contribution in [0.4, 0.5) is 5.69 Å². The molecule has 6 nitrogen and oxygen atoms in total. The number of pyridine rings is 1. The quantitative estimate of drug-likeness (QED) is 0.849. The average Bonchev–Trinajstić information content (AvgIpc) is 3.13. The summed E-state index contributed by atoms with van der Waals surface area (Å²) < 4.78 is 0. The highest BCUT2D eigenvalue weighted by molar-refractivity contribution is 5.80. The SMILES string of the molecule is CN(C)c1ccc(CCC(=O)N2C[C@H](C(=O)O)[C@@H](c3cccnc3)C2)cc1. The Kier molecular flexibility index (Phi) is 5.74. The Balaban J connectivity index is 1.62. The molecule has 0 aliphatic carbocycles. The summed E-state index contributed by atoms with van der Waals surface area (Å²) in [7, 11) is 3.98. The van der Waals surface area contributed by atoms with Gasteiger partial charge in [0.15, 0.2) is 0 Å². The van der Waals surface area contributed by atoms with E-state index >= 15 is 0 Å². The number of likely N-dealkylation sites (tertiary alicyclic amines) is 1. The molecule has 0 saturated carbocycles. The number of carbonyl (C=O) groups is 2. The van der Waals surface area contributed by atoms with Gasteiger partial charge >= 0.3 is 5.97 Å². The summed E-state index contributed by atoms with van der Waals surface area (Å²) in [5.74, 6) is -1.65. The molecule has 0 bridgehead atoms. The first-order valence-corrected chi connectivity index (χ1v) is 9.12. The van der Waals surface area contributed by atoms with Gasteiger partial charge in [-0.05, 0) is 35.7 Å². The molecular formula is C21H25N3O3. The molecule has 2 aromatic rings. The van der Waals surface area contributed by atoms with Crippen molar-refractivity contribution in [1.82, 2.24) is 9.88 Å². The maximum Gasteiger partial charge on any atom is 0.308 e. The van der Waals surface area contributed by atoms with E-state index in [0.29, 0.717) is 19.4 Å². The van der Waals surface area contributed by atoms with Crippen LogP contribution in [0.2, 0.25) is 0 Å². The third-order valence-corrected chi connectivity index (χ3v) is 5.18. The van der Waals surface area contributed by atoms with E-state index in [1.807, 2.05) is 49.3 Å². The number of hydrogen-bond donors (Lipinski definition) is 1. The number of benzene rings is 1. The highest BCUT2D eigenvalue weighted by atomic mass is 16.4. The highest BCUT2D eigenvalue weighted by Crippen LogP contribution is 2.33. The summed E-state index contributed by atoms with van der Waals surface area (Å²) >= 11 is 0. The Morgan fingerprint density at radius 2 is 1.93 bits per heavy atom. The largest absolute Gasteiger partial charge is 0.481 e. The smallest absolute Gasteiger partial charge is 0.308 e. The van der Waals surface area contributed by atoms with Gasteiger partial charge in [0.2, 0.25) is 5.91 Å². The van der Waals surface area contributed by atoms with E-state index in [0.717, 1.165) is 16.8 Å². The van der Waals surface area contributed by atoms with Crippen molar-refractivity contribution in [3.63, 3.8) is 0 Å². The van der Waals surface area contributed by atoms with Crippen LogP contribution >= 0.6 is 0 Å². The molecule has 1 N–H and O–H groups in total. The summed E-state index contributed by atoms with van der Waals surface area (Å²) in [5, 5.41) is 9.56. The number of amides is 1. The van der Waals surface area contributed by atoms with Gasteiger partial charge in [-0.25, -0.2) is 0 Å². The minimum Gasteiger partial charge on any atom is -0.481 e. The van der Waals surface area contributed by atoms with E-state index in [2.05, 4.69) is 4.98 Å². The van der Waals surface area contributed by atoms with Crippen LogP contribution in [0.5, 0.6) is 0 Å². The Bertz CT molecular complexity index is 790. The highest BCUT2D eigenvalue weighted by Gasteiger charge is 2.40. The van der Waals surface area contributed by atoms with Gasteiger partial charge < -0.3 is 14.9 Å². The van der Waals surface area contributed by atoms with Crippen molar-refractivity contribution in [2.24, 2.45) is 5.92 Å². The molecular weight excluding hydrogens is 342 g/mol. The van der Waals surface area contributed by atoms with Crippen molar-refractivity contribution >= 4 is 17.6 Å². The van der Waals surface area contributed by atoms with Crippen LogP contribution in [0.25, 0.3) is 0 Å². The first kappa shape index (κ1) is 18.9. The summed E-state index contributed by atoms with van der Waals surface area (Å²) in [4.78, 5) is 32.1. The summed E-state index contributed by atoms with van der Waals surface area (Å²) in [6.07, 6.45) is 4.39. The van der Waals surface area contributed by atoms with Crippen molar-refractivity contribution < 1.29 is 14.7 Å². The van der Waals surface area contributed by atoms with Crippen LogP contribution in [0.15, 0.2) is 48.8 Å². The second kappa shape index (κ2) is 8.20. The van der Waals surface area contributed by atoms with Crippen LogP contribution in [-0.4, -0.2) is 54.1 Å². The van der Waals surface area contributed by atoms with Gasteiger partial charge in [-0.3, -0.25) is 14.6 Å². The molecule has 1 fully saturated rings. The number of hydrogen-bond acceptors (Lipinski definition) is 4. The normalized spacial score (nSPS) is 19.1. The number of nitrogens with zero attached hydrogens (tertiary/aromatic N) is 3. The van der Waals surface area contributed by atoms with Gasteiger partial charge in [-0.1, -0.05) is 18.2 Å². The molecule has 1 aromatic heterocycles. The van der Waals surface area contributed by atoms with Gasteiger partial charge in [0.25, 0.3) is 0 Å². The first-order valence-electron chi connectivity index (χ1n) is 9.12. The number of carbonyl (C=O) groups excluding carboxylic acids is 1. The standard InChI is InChI=1S/C21H25N3O3/c1-23(2)17-8-5-15(6-9-17)7-10-20(25)24-13-18(19(14-24)21(26)27)16-4-3-11-22-12-16/h3-6,8-9,11-12,18-19H,7,10,13-14H2,1-2H3,(H,26,27)/t18-,19+/m1/s1. The fourth-order valence-electron chi connectivity index (χ4n) is 3.56. The minimum atomic E-state index is -0.863. The number of aryl methyl sites for hydroxylation is 1. The lowest BCUT2D eigenvalue weighted by molar-refractivity contribution is -0.141. The van der Waals surface area contributed by atoms with Gasteiger partial charge in [-0.2, -0.15) is 0 Å². The van der Waals surface area contributed by atoms with Gasteiger partial charge in [0.1, 0.15) is 0 Å². The third kappa shape index (κ3) is 4.45. The molecule has 1 aliphatic heterocycles. The zero-order valence-electron chi connectivity index (χ0n) is 15.7. The molecule has 0 spiro atoms. The Labute approximate surface area is 159 Å². The predicted molar refractivity (Wildman–Crippen MR) is 104 cm³/mol. The number of carboxylic acid groups (broad SMARTS) is 1. The molecule has 0 radical (unpaired) electrons. The lowest BCUT2D eigenvalue weighted by atomic mass is 9.90. The van der Waals surface area contributed by atoms with Gasteiger partial charge in [0, 0.05) is 57.6 Å². The maximum absolute atomic E-state index is 12.6. The van der Waals surface area contributed by atoms with Crippen LogP contribution in [0, 0.1) is 5.92 Å². The summed E-state index contributed by atoms with van der Waals surface area (Å²) in [6.45, 7) is 0.689. The van der Waals surface area contributed by atoms with E-state index < -0.39 is 11.9 Å². The molecule has 142 valence electrons. The molecule has 1 saturated heterocycles. The van der Waals surface area contributed by atoms with E-state index in [4.69, 9.17) is 0 Å². The number of carboxylic acids is 1. The monoisotopic (exact) mass is 367 g/mol. The van der Waals surface area contributed by atoms with Crippen molar-refractivity contribution in [3.05, 3.63) is 59.9 Å². The molecule has 2 heterocycles. The number of anilines is 1. The van der Waals surface area contributed by atoms with Crippen molar-refractivity contribution in [2.45, 2.75) is 18.8 Å². The number of aliphatic carboxylic acids is 1. The molecule has 1 aromatic carbocycles. The molecule has 6 heteroatoms. The van der Waals surface area contributed by atoms with Crippen LogP contribution in [0.1, 0.15) is 23.5 Å². The van der Waals surface area contributed by atoms with Crippen LogP contribution < -0.4 is 4.90 Å². The third-order valence-electron chi connectivity index (χ3n) is 5.18. The average molecular weight is 367 g/mol. The minimum absolute atomic E-state index is 0.00401. The molecule has 1 aliphatic rings. The van der Waals surface area contributed by atoms with Crippen LogP contribution in [0.3, 0.4) is 0 Å². The summed E-state index contributed by atoms with van der Waals surface area (Å²) in [6, 6.07) is 11.8. The Hall–Kier alpha value is -2.89. The lowest BCUT2D eigenvalue weighted by Crippen LogP contribution is -2.30. The van der Waals surface area contributed by atoms with Crippen LogP contribution in [-0.2, 0) is 16.0 Å². The molecule has 1 amide bonds. The molecule has 2 atom stereocenters. The zero-order chi connectivity index (χ0) is 19.4. The lowest BCUT2D eigenvalue weighted by Gasteiger charge is -2.17. The second-order valence-corrected chi connectivity index (χ2v) is 7.20. The molecule has 3 rings (SSSR count). The number of rotatable bonds is 6. The fourth-order valence-corrected chi connectivity index (χ4v) is 3.56. The van der Waals surface area contributed by atoms with E-state index in [1.165, 1.54) is 0 Å². The van der Waals surface area contributed by atoms with Crippen molar-refractivity contribution in [1.29, 1.82) is 0 Å². The first-order chi connectivity index (χ1) is 13.0. The van der Waals surface area contributed by atoms with E-state index in [9.17, 15) is 14.7 Å². The number of aromatic nitrogens is 1. The Morgan fingerprint density at radius 1 is 1.19 bits per heavy atom. The second-order valence-electron chi connectivity index (χ2n) is 7.20.